The van der Waals surface area contributed by atoms with Gasteiger partial charge in [-0.25, -0.2) is 4.79 Å². The molecule has 0 saturated carbocycles. The van der Waals surface area contributed by atoms with Gasteiger partial charge in [-0.15, -0.1) is 0 Å². The molecule has 1 fully saturated rings. The van der Waals surface area contributed by atoms with Crippen molar-refractivity contribution in [3.05, 3.63) is 45.2 Å². The first-order chi connectivity index (χ1) is 11.8. The van der Waals surface area contributed by atoms with Crippen LogP contribution in [0.5, 0.6) is 0 Å². The number of fused-ring (bicyclic) bond motifs is 1. The molecule has 1 aromatic carbocycles. The highest BCUT2D eigenvalue weighted by Gasteiger charge is 2.22. The van der Waals surface area contributed by atoms with Crippen LogP contribution in [0.15, 0.2) is 23.0 Å². The van der Waals surface area contributed by atoms with Gasteiger partial charge in [0.25, 0.3) is 5.56 Å². The van der Waals surface area contributed by atoms with Gasteiger partial charge in [0.1, 0.15) is 0 Å². The second-order valence-corrected chi connectivity index (χ2v) is 7.11. The SMILES string of the molecule is Cc1cc(C)c2[nH]c(=O)c(CN3CCN(C(=O)N(C)C)CC3)cc2c1. The third-order valence-electron chi connectivity index (χ3n) is 4.79. The van der Waals surface area contributed by atoms with Crippen LogP contribution in [0.3, 0.4) is 0 Å². The first kappa shape index (κ1) is 17.5. The molecule has 134 valence electrons. The summed E-state index contributed by atoms with van der Waals surface area (Å²) in [4.78, 5) is 33.2. The van der Waals surface area contributed by atoms with Gasteiger partial charge in [-0.05, 0) is 36.9 Å². The van der Waals surface area contributed by atoms with E-state index in [-0.39, 0.29) is 11.6 Å². The molecule has 0 atom stereocenters. The minimum atomic E-state index is -0.0220. The molecule has 2 aromatic rings. The number of aryl methyl sites for hydroxylation is 2. The van der Waals surface area contributed by atoms with E-state index < -0.39 is 0 Å². The lowest BCUT2D eigenvalue weighted by Gasteiger charge is -2.35. The second kappa shape index (κ2) is 6.88. The predicted molar refractivity (Wildman–Crippen MR) is 100.0 cm³/mol. The fourth-order valence-electron chi connectivity index (χ4n) is 3.47. The molecule has 2 amide bonds. The van der Waals surface area contributed by atoms with Gasteiger partial charge >= 0.3 is 6.03 Å². The molecule has 0 radical (unpaired) electrons. The Labute approximate surface area is 148 Å². The van der Waals surface area contributed by atoms with E-state index >= 15 is 0 Å². The Morgan fingerprint density at radius 2 is 1.80 bits per heavy atom. The van der Waals surface area contributed by atoms with Gasteiger partial charge in [0.05, 0.1) is 5.52 Å². The summed E-state index contributed by atoms with van der Waals surface area (Å²) in [5.74, 6) is 0. The maximum absolute atomic E-state index is 12.5. The van der Waals surface area contributed by atoms with Gasteiger partial charge < -0.3 is 14.8 Å². The Morgan fingerprint density at radius 3 is 2.44 bits per heavy atom. The smallest absolute Gasteiger partial charge is 0.319 e. The zero-order chi connectivity index (χ0) is 18.1. The molecule has 2 heterocycles. The number of hydrogen-bond donors (Lipinski definition) is 1. The number of hydrogen-bond acceptors (Lipinski definition) is 3. The maximum atomic E-state index is 12.5. The minimum absolute atomic E-state index is 0.0220. The van der Waals surface area contributed by atoms with Crippen molar-refractivity contribution in [3.63, 3.8) is 0 Å². The number of pyridine rings is 1. The monoisotopic (exact) mass is 342 g/mol. The molecular formula is C19H26N4O2. The second-order valence-electron chi connectivity index (χ2n) is 7.11. The topological polar surface area (TPSA) is 59.7 Å². The lowest BCUT2D eigenvalue weighted by molar-refractivity contribution is 0.120. The molecule has 6 nitrogen and oxygen atoms in total. The average molecular weight is 342 g/mol. The predicted octanol–water partition coefficient (Wildman–Crippen LogP) is 1.94. The van der Waals surface area contributed by atoms with Gasteiger partial charge in [-0.3, -0.25) is 9.69 Å². The zero-order valence-corrected chi connectivity index (χ0v) is 15.4. The number of benzene rings is 1. The van der Waals surface area contributed by atoms with Gasteiger partial charge in [0.2, 0.25) is 0 Å². The van der Waals surface area contributed by atoms with E-state index in [1.54, 1.807) is 19.0 Å². The van der Waals surface area contributed by atoms with E-state index in [0.29, 0.717) is 19.6 Å². The summed E-state index contributed by atoms with van der Waals surface area (Å²) in [5.41, 5.74) is 3.96. The number of nitrogens with zero attached hydrogens (tertiary/aromatic N) is 3. The molecule has 3 rings (SSSR count). The lowest BCUT2D eigenvalue weighted by Crippen LogP contribution is -2.51. The fraction of sp³-hybridized carbons (Fsp3) is 0.474. The van der Waals surface area contributed by atoms with E-state index in [1.165, 1.54) is 5.56 Å². The Kier molecular flexibility index (Phi) is 4.81. The number of aromatic nitrogens is 1. The van der Waals surface area contributed by atoms with Crippen LogP contribution in [-0.4, -0.2) is 66.0 Å². The van der Waals surface area contributed by atoms with Crippen molar-refractivity contribution in [2.24, 2.45) is 0 Å². The van der Waals surface area contributed by atoms with Crippen LogP contribution < -0.4 is 5.56 Å². The summed E-state index contributed by atoms with van der Waals surface area (Å²) in [6.45, 7) is 7.65. The molecule has 1 N–H and O–H groups in total. The number of aromatic amines is 1. The third-order valence-corrected chi connectivity index (χ3v) is 4.79. The molecular weight excluding hydrogens is 316 g/mol. The molecule has 1 aliphatic heterocycles. The lowest BCUT2D eigenvalue weighted by atomic mass is 10.1. The summed E-state index contributed by atoms with van der Waals surface area (Å²) >= 11 is 0. The van der Waals surface area contributed by atoms with Crippen LogP contribution in [0.25, 0.3) is 10.9 Å². The Bertz CT molecular complexity index is 848. The number of rotatable bonds is 2. The average Bonchev–Trinajstić information content (AvgIpc) is 2.56. The van der Waals surface area contributed by atoms with Crippen LogP contribution in [0, 0.1) is 13.8 Å². The molecule has 0 aliphatic carbocycles. The number of carbonyl (C=O) groups is 1. The first-order valence-corrected chi connectivity index (χ1v) is 8.67. The van der Waals surface area contributed by atoms with E-state index in [1.807, 2.05) is 17.9 Å². The van der Waals surface area contributed by atoms with E-state index in [4.69, 9.17) is 0 Å². The largest absolute Gasteiger partial charge is 0.331 e. The van der Waals surface area contributed by atoms with E-state index in [9.17, 15) is 9.59 Å². The molecule has 1 aromatic heterocycles. The Hall–Kier alpha value is -2.34. The molecule has 0 unspecified atom stereocenters. The third kappa shape index (κ3) is 3.69. The number of carbonyl (C=O) groups excluding carboxylic acids is 1. The number of H-pyrrole nitrogens is 1. The van der Waals surface area contributed by atoms with Gasteiger partial charge in [0.15, 0.2) is 0 Å². The van der Waals surface area contributed by atoms with Crippen molar-refractivity contribution in [3.8, 4) is 0 Å². The van der Waals surface area contributed by atoms with Crippen molar-refractivity contribution in [1.29, 1.82) is 0 Å². The molecule has 25 heavy (non-hydrogen) atoms. The van der Waals surface area contributed by atoms with Crippen molar-refractivity contribution < 1.29 is 4.79 Å². The summed E-state index contributed by atoms with van der Waals surface area (Å²) < 4.78 is 0. The minimum Gasteiger partial charge on any atom is -0.331 e. The Morgan fingerprint density at radius 1 is 1.12 bits per heavy atom. The van der Waals surface area contributed by atoms with Crippen molar-refractivity contribution >= 4 is 16.9 Å². The van der Waals surface area contributed by atoms with Crippen LogP contribution in [0.2, 0.25) is 0 Å². The van der Waals surface area contributed by atoms with Crippen molar-refractivity contribution in [1.82, 2.24) is 19.7 Å². The maximum Gasteiger partial charge on any atom is 0.319 e. The van der Waals surface area contributed by atoms with Gasteiger partial charge in [-0.1, -0.05) is 11.6 Å². The molecule has 0 spiro atoms. The summed E-state index contributed by atoms with van der Waals surface area (Å²) in [7, 11) is 3.54. The summed E-state index contributed by atoms with van der Waals surface area (Å²) in [6.07, 6.45) is 0. The number of nitrogens with one attached hydrogen (secondary N) is 1. The fourth-order valence-corrected chi connectivity index (χ4v) is 3.47. The quantitative estimate of drug-likeness (QED) is 0.907. The number of amides is 2. The Balaban J connectivity index is 1.75. The van der Waals surface area contributed by atoms with E-state index in [0.717, 1.165) is 35.1 Å². The van der Waals surface area contributed by atoms with Crippen LogP contribution in [0.4, 0.5) is 4.79 Å². The van der Waals surface area contributed by atoms with E-state index in [2.05, 4.69) is 28.9 Å². The standard InChI is InChI=1S/C19H26N4O2/c1-13-9-14(2)17-15(10-13)11-16(18(24)20-17)12-22-5-7-23(8-6-22)19(25)21(3)4/h9-11H,5-8,12H2,1-4H3,(H,20,24). The first-order valence-electron chi connectivity index (χ1n) is 8.67. The summed E-state index contributed by atoms with van der Waals surface area (Å²) in [5, 5.41) is 1.08. The van der Waals surface area contributed by atoms with Gasteiger partial charge in [-0.2, -0.15) is 0 Å². The van der Waals surface area contributed by atoms with Crippen LogP contribution in [0.1, 0.15) is 16.7 Å². The number of urea groups is 1. The molecule has 1 aliphatic rings. The van der Waals surface area contributed by atoms with Gasteiger partial charge in [0, 0.05) is 52.4 Å². The number of piperazine rings is 1. The highest BCUT2D eigenvalue weighted by atomic mass is 16.2. The zero-order valence-electron chi connectivity index (χ0n) is 15.4. The highest BCUT2D eigenvalue weighted by molar-refractivity contribution is 5.82. The van der Waals surface area contributed by atoms with Crippen LogP contribution >= 0.6 is 0 Å². The normalized spacial score (nSPS) is 15.6. The molecule has 1 saturated heterocycles. The van der Waals surface area contributed by atoms with Crippen molar-refractivity contribution in [2.75, 3.05) is 40.3 Å². The molecule has 6 heteroatoms. The molecule has 0 bridgehead atoms. The van der Waals surface area contributed by atoms with Crippen LogP contribution in [-0.2, 0) is 6.54 Å². The highest BCUT2D eigenvalue weighted by Crippen LogP contribution is 2.18. The van der Waals surface area contributed by atoms with Crippen molar-refractivity contribution in [2.45, 2.75) is 20.4 Å². The summed E-state index contributed by atoms with van der Waals surface area (Å²) in [6, 6.07) is 6.24.